The zero-order chi connectivity index (χ0) is 19.0. The number of hydrogen-bond donors (Lipinski definition) is 2. The molecular formula is C17H16F2N4O3. The van der Waals surface area contributed by atoms with Gasteiger partial charge in [-0.25, -0.2) is 13.6 Å². The number of nitrogens with zero attached hydrogens (tertiary/aromatic N) is 2. The zero-order valence-corrected chi connectivity index (χ0v) is 14.1. The van der Waals surface area contributed by atoms with E-state index in [9.17, 15) is 23.2 Å². The lowest BCUT2D eigenvalue weighted by atomic mass is 10.1. The van der Waals surface area contributed by atoms with Crippen molar-refractivity contribution in [2.75, 3.05) is 23.3 Å². The van der Waals surface area contributed by atoms with Gasteiger partial charge in [0.2, 0.25) is 0 Å². The molecule has 0 bridgehead atoms. The first-order valence-corrected chi connectivity index (χ1v) is 7.81. The highest BCUT2D eigenvalue weighted by molar-refractivity contribution is 6.06. The van der Waals surface area contributed by atoms with Gasteiger partial charge < -0.3 is 15.2 Å². The number of aromatic nitrogens is 1. The second-order valence-electron chi connectivity index (χ2n) is 5.91. The predicted molar refractivity (Wildman–Crippen MR) is 91.5 cm³/mol. The molecule has 1 aromatic carbocycles. The number of carbonyl (C=O) groups is 2. The molecular weight excluding hydrogens is 346 g/mol. The minimum atomic E-state index is -1.09. The molecule has 0 aliphatic carbocycles. The van der Waals surface area contributed by atoms with Crippen molar-refractivity contribution in [2.45, 2.75) is 6.92 Å². The number of halogens is 2. The fourth-order valence-electron chi connectivity index (χ4n) is 2.67. The van der Waals surface area contributed by atoms with Gasteiger partial charge in [-0.3, -0.25) is 14.5 Å². The van der Waals surface area contributed by atoms with E-state index in [2.05, 4.69) is 10.6 Å². The van der Waals surface area contributed by atoms with Gasteiger partial charge in [-0.1, -0.05) is 0 Å². The Labute approximate surface area is 147 Å². The van der Waals surface area contributed by atoms with Gasteiger partial charge in [-0.2, -0.15) is 0 Å². The number of anilines is 2. The van der Waals surface area contributed by atoms with Crippen molar-refractivity contribution in [3.05, 3.63) is 57.5 Å². The van der Waals surface area contributed by atoms with Crippen molar-refractivity contribution < 1.29 is 18.4 Å². The molecule has 0 radical (unpaired) electrons. The molecule has 0 saturated carbocycles. The Morgan fingerprint density at radius 2 is 1.96 bits per heavy atom. The van der Waals surface area contributed by atoms with E-state index in [0.29, 0.717) is 18.2 Å². The van der Waals surface area contributed by atoms with Crippen LogP contribution in [-0.4, -0.2) is 29.6 Å². The second kappa shape index (κ2) is 6.58. The van der Waals surface area contributed by atoms with Crippen LogP contribution in [0.2, 0.25) is 0 Å². The molecule has 0 unspecified atom stereocenters. The van der Waals surface area contributed by atoms with E-state index in [-0.39, 0.29) is 17.9 Å². The van der Waals surface area contributed by atoms with E-state index >= 15 is 0 Å². The molecule has 2 heterocycles. The second-order valence-corrected chi connectivity index (χ2v) is 5.91. The van der Waals surface area contributed by atoms with Crippen molar-refractivity contribution in [1.82, 2.24) is 9.88 Å². The van der Waals surface area contributed by atoms with Crippen LogP contribution in [0, 0.1) is 18.6 Å². The molecule has 7 nitrogen and oxygen atoms in total. The van der Waals surface area contributed by atoms with Gasteiger partial charge >= 0.3 is 6.03 Å². The Hall–Kier alpha value is -3.23. The lowest BCUT2D eigenvalue weighted by Crippen LogP contribution is -2.29. The first-order chi connectivity index (χ1) is 12.3. The third kappa shape index (κ3) is 3.03. The van der Waals surface area contributed by atoms with Crippen LogP contribution in [0.3, 0.4) is 0 Å². The van der Waals surface area contributed by atoms with Crippen molar-refractivity contribution in [1.29, 1.82) is 0 Å². The molecule has 1 aromatic heterocycles. The molecule has 1 saturated heterocycles. The number of carbonyl (C=O) groups excluding carboxylic acids is 2. The summed E-state index contributed by atoms with van der Waals surface area (Å²) in [6.45, 7) is 2.13. The molecule has 2 N–H and O–H groups in total. The molecule has 26 heavy (non-hydrogen) atoms. The fourth-order valence-corrected chi connectivity index (χ4v) is 2.67. The maximum atomic E-state index is 14.1. The molecule has 2 aromatic rings. The molecule has 9 heteroatoms. The van der Waals surface area contributed by atoms with Gasteiger partial charge in [0.25, 0.3) is 11.5 Å². The number of aryl methyl sites for hydroxylation is 2. The zero-order valence-electron chi connectivity index (χ0n) is 14.1. The molecule has 136 valence electrons. The van der Waals surface area contributed by atoms with Crippen LogP contribution in [0.5, 0.6) is 0 Å². The summed E-state index contributed by atoms with van der Waals surface area (Å²) in [6.07, 6.45) is 1.54. The van der Waals surface area contributed by atoms with Crippen LogP contribution in [0.15, 0.2) is 29.2 Å². The number of amides is 3. The third-order valence-corrected chi connectivity index (χ3v) is 4.14. The number of urea groups is 1. The highest BCUT2D eigenvalue weighted by Crippen LogP contribution is 2.25. The lowest BCUT2D eigenvalue weighted by molar-refractivity contribution is 0.102. The molecule has 0 atom stereocenters. The van der Waals surface area contributed by atoms with Crippen molar-refractivity contribution in [3.8, 4) is 0 Å². The van der Waals surface area contributed by atoms with Crippen molar-refractivity contribution in [3.63, 3.8) is 0 Å². The Morgan fingerprint density at radius 1 is 1.23 bits per heavy atom. The Kier molecular flexibility index (Phi) is 4.45. The van der Waals surface area contributed by atoms with Crippen LogP contribution in [0.4, 0.5) is 25.0 Å². The quantitative estimate of drug-likeness (QED) is 0.873. The van der Waals surface area contributed by atoms with Gasteiger partial charge in [0.05, 0.1) is 11.3 Å². The number of nitrogens with one attached hydrogen (secondary N) is 2. The van der Waals surface area contributed by atoms with E-state index in [0.717, 1.165) is 11.0 Å². The summed E-state index contributed by atoms with van der Waals surface area (Å²) in [5.74, 6) is -2.95. The molecule has 1 fully saturated rings. The summed E-state index contributed by atoms with van der Waals surface area (Å²) >= 11 is 0. The normalized spacial score (nSPS) is 13.7. The lowest BCUT2D eigenvalue weighted by Gasteiger charge is -2.17. The van der Waals surface area contributed by atoms with E-state index < -0.39 is 34.7 Å². The summed E-state index contributed by atoms with van der Waals surface area (Å²) in [6, 6.07) is 2.60. The summed E-state index contributed by atoms with van der Waals surface area (Å²) < 4.78 is 29.5. The highest BCUT2D eigenvalue weighted by Gasteiger charge is 2.27. The SMILES string of the molecule is Cc1ccn(C)c(=O)c1NC(=O)c1cc(N2CCNC2=O)c(F)cc1F. The molecule has 3 rings (SSSR count). The monoisotopic (exact) mass is 362 g/mol. The summed E-state index contributed by atoms with van der Waals surface area (Å²) in [5.41, 5.74) is -0.622. The first-order valence-electron chi connectivity index (χ1n) is 7.81. The maximum Gasteiger partial charge on any atom is 0.322 e. The number of pyridine rings is 1. The van der Waals surface area contributed by atoms with Crippen molar-refractivity contribution >= 4 is 23.3 Å². The average molecular weight is 362 g/mol. The van der Waals surface area contributed by atoms with E-state index in [4.69, 9.17) is 0 Å². The minimum Gasteiger partial charge on any atom is -0.336 e. The first kappa shape index (κ1) is 17.6. The van der Waals surface area contributed by atoms with Gasteiger partial charge in [-0.15, -0.1) is 0 Å². The highest BCUT2D eigenvalue weighted by atomic mass is 19.1. The molecule has 0 spiro atoms. The third-order valence-electron chi connectivity index (χ3n) is 4.14. The Balaban J connectivity index is 1.99. The standard InChI is InChI=1S/C17H16F2N4O3/c1-9-3-5-22(2)16(25)14(9)21-15(24)10-7-13(12(19)8-11(10)18)23-6-4-20-17(23)26/h3,5,7-8H,4,6H2,1-2H3,(H,20,26)(H,21,24). The smallest absolute Gasteiger partial charge is 0.322 e. The van der Waals surface area contributed by atoms with E-state index in [1.54, 1.807) is 13.0 Å². The average Bonchev–Trinajstić information content (AvgIpc) is 3.01. The molecule has 3 amide bonds. The summed E-state index contributed by atoms with van der Waals surface area (Å²) in [7, 11) is 1.51. The molecule has 1 aliphatic rings. The van der Waals surface area contributed by atoms with Crippen LogP contribution >= 0.6 is 0 Å². The van der Waals surface area contributed by atoms with Crippen LogP contribution in [-0.2, 0) is 7.05 Å². The van der Waals surface area contributed by atoms with Gasteiger partial charge in [0, 0.05) is 32.4 Å². The predicted octanol–water partition coefficient (Wildman–Crippen LogP) is 1.75. The van der Waals surface area contributed by atoms with Crippen LogP contribution in [0.1, 0.15) is 15.9 Å². The van der Waals surface area contributed by atoms with Gasteiger partial charge in [0.1, 0.15) is 17.3 Å². The van der Waals surface area contributed by atoms with Gasteiger partial charge in [-0.05, 0) is 24.6 Å². The van der Waals surface area contributed by atoms with Crippen LogP contribution < -0.4 is 21.1 Å². The Morgan fingerprint density at radius 3 is 2.62 bits per heavy atom. The van der Waals surface area contributed by atoms with E-state index in [1.807, 2.05) is 0 Å². The number of hydrogen-bond acceptors (Lipinski definition) is 3. The van der Waals surface area contributed by atoms with Gasteiger partial charge in [0.15, 0.2) is 0 Å². The maximum absolute atomic E-state index is 14.1. The largest absolute Gasteiger partial charge is 0.336 e. The molecule has 1 aliphatic heterocycles. The van der Waals surface area contributed by atoms with Crippen molar-refractivity contribution in [2.24, 2.45) is 7.05 Å². The van der Waals surface area contributed by atoms with Crippen LogP contribution in [0.25, 0.3) is 0 Å². The topological polar surface area (TPSA) is 83.4 Å². The fraction of sp³-hybridized carbons (Fsp3) is 0.235. The number of benzene rings is 1. The Bertz CT molecular complexity index is 971. The summed E-state index contributed by atoms with van der Waals surface area (Å²) in [4.78, 5) is 37.4. The minimum absolute atomic E-state index is 0.00388. The van der Waals surface area contributed by atoms with E-state index in [1.165, 1.54) is 17.8 Å². The number of rotatable bonds is 3. The summed E-state index contributed by atoms with van der Waals surface area (Å²) in [5, 5.41) is 4.87.